The van der Waals surface area contributed by atoms with Gasteiger partial charge in [-0.15, -0.1) is 0 Å². The van der Waals surface area contributed by atoms with Gasteiger partial charge >= 0.3 is 0 Å². The zero-order chi connectivity index (χ0) is 18.7. The number of nitrogens with zero attached hydrogens (tertiary/aromatic N) is 2. The lowest BCUT2D eigenvalue weighted by atomic mass is 9.99. The van der Waals surface area contributed by atoms with Crippen LogP contribution in [0.25, 0.3) is 0 Å². The molecule has 1 aromatic carbocycles. The van der Waals surface area contributed by atoms with Crippen LogP contribution in [0.5, 0.6) is 0 Å². The lowest BCUT2D eigenvalue weighted by Gasteiger charge is -2.35. The number of piperidine rings is 1. The molecular formula is C18H27FN3O3S+. The molecule has 1 aromatic rings. The quantitative estimate of drug-likeness (QED) is 0.793. The molecule has 8 heteroatoms. The summed E-state index contributed by atoms with van der Waals surface area (Å²) in [5, 5.41) is 0. The number of quaternary nitrogens is 1. The molecule has 1 N–H and O–H groups in total. The first-order chi connectivity index (χ1) is 12.4. The summed E-state index contributed by atoms with van der Waals surface area (Å²) >= 11 is 0. The molecule has 26 heavy (non-hydrogen) atoms. The Morgan fingerprint density at radius 3 is 2.46 bits per heavy atom. The molecule has 3 rings (SSSR count). The van der Waals surface area contributed by atoms with E-state index in [1.807, 2.05) is 0 Å². The minimum atomic E-state index is -3.72. The van der Waals surface area contributed by atoms with Gasteiger partial charge in [0.25, 0.3) is 5.91 Å². The van der Waals surface area contributed by atoms with Gasteiger partial charge in [-0.3, -0.25) is 4.79 Å². The van der Waals surface area contributed by atoms with Crippen LogP contribution in [-0.4, -0.2) is 69.3 Å². The van der Waals surface area contributed by atoms with Gasteiger partial charge in [-0.25, -0.2) is 12.8 Å². The lowest BCUT2D eigenvalue weighted by molar-refractivity contribution is -0.898. The Bertz CT molecular complexity index is 740. The molecule has 2 saturated heterocycles. The molecule has 1 amide bonds. The van der Waals surface area contributed by atoms with Gasteiger partial charge < -0.3 is 9.80 Å². The number of hydrogen-bond donors (Lipinski definition) is 1. The van der Waals surface area contributed by atoms with E-state index in [-0.39, 0.29) is 23.9 Å². The number of carbonyl (C=O) groups excluding carboxylic acids is 1. The van der Waals surface area contributed by atoms with Gasteiger partial charge in [0.15, 0.2) is 6.54 Å². The van der Waals surface area contributed by atoms with Crippen molar-refractivity contribution in [2.75, 3.05) is 45.8 Å². The third-order valence-electron chi connectivity index (χ3n) is 5.41. The van der Waals surface area contributed by atoms with Crippen molar-refractivity contribution in [3.63, 3.8) is 0 Å². The van der Waals surface area contributed by atoms with E-state index >= 15 is 0 Å². The Hall–Kier alpha value is -1.51. The first-order valence-electron chi connectivity index (χ1n) is 9.23. The van der Waals surface area contributed by atoms with Crippen LogP contribution in [0, 0.1) is 11.7 Å². The molecular weight excluding hydrogens is 357 g/mol. The van der Waals surface area contributed by atoms with Crippen LogP contribution in [0.2, 0.25) is 0 Å². The van der Waals surface area contributed by atoms with Crippen molar-refractivity contribution in [2.24, 2.45) is 5.92 Å². The molecule has 0 aliphatic carbocycles. The van der Waals surface area contributed by atoms with Gasteiger partial charge in [-0.2, -0.15) is 4.31 Å². The van der Waals surface area contributed by atoms with E-state index in [4.69, 9.17) is 0 Å². The minimum Gasteiger partial charge on any atom is -0.335 e. The van der Waals surface area contributed by atoms with Crippen LogP contribution in [-0.2, 0) is 14.8 Å². The summed E-state index contributed by atoms with van der Waals surface area (Å²) in [7, 11) is -3.72. The van der Waals surface area contributed by atoms with Gasteiger partial charge in [0, 0.05) is 26.2 Å². The number of sulfonamides is 1. The molecule has 0 spiro atoms. The van der Waals surface area contributed by atoms with E-state index in [0.29, 0.717) is 19.6 Å². The molecule has 144 valence electrons. The van der Waals surface area contributed by atoms with E-state index < -0.39 is 15.8 Å². The first-order valence-corrected chi connectivity index (χ1v) is 10.7. The molecule has 2 aliphatic heterocycles. The molecule has 0 atom stereocenters. The molecule has 0 bridgehead atoms. The average Bonchev–Trinajstić information content (AvgIpc) is 2.64. The highest BCUT2D eigenvalue weighted by Crippen LogP contribution is 2.18. The standard InChI is InChI=1S/C18H26FN3O3S/c1-15-5-7-20(8-6-15)14-18(23)21-9-11-22(12-10-21)26(24,25)17-4-2-3-16(19)13-17/h2-4,13,15H,5-12,14H2,1H3/p+1. The average molecular weight is 384 g/mol. The largest absolute Gasteiger partial charge is 0.335 e. The summed E-state index contributed by atoms with van der Waals surface area (Å²) < 4.78 is 39.9. The highest BCUT2D eigenvalue weighted by atomic mass is 32.2. The van der Waals surface area contributed by atoms with Crippen LogP contribution in [0.15, 0.2) is 29.2 Å². The van der Waals surface area contributed by atoms with Gasteiger partial charge in [0.1, 0.15) is 5.82 Å². The number of likely N-dealkylation sites (tertiary alicyclic amines) is 1. The summed E-state index contributed by atoms with van der Waals surface area (Å²) in [6, 6.07) is 5.05. The maximum Gasteiger partial charge on any atom is 0.277 e. The number of carbonyl (C=O) groups is 1. The van der Waals surface area contributed by atoms with E-state index in [9.17, 15) is 17.6 Å². The van der Waals surface area contributed by atoms with Crippen molar-refractivity contribution in [3.05, 3.63) is 30.1 Å². The number of nitrogens with one attached hydrogen (secondary N) is 1. The van der Waals surface area contributed by atoms with E-state index in [2.05, 4.69) is 6.92 Å². The number of piperazine rings is 1. The molecule has 2 fully saturated rings. The van der Waals surface area contributed by atoms with Crippen LogP contribution >= 0.6 is 0 Å². The zero-order valence-corrected chi connectivity index (χ0v) is 16.0. The first kappa shape index (κ1) is 19.3. The minimum absolute atomic E-state index is 0.0378. The monoisotopic (exact) mass is 384 g/mol. The SMILES string of the molecule is CC1CC[NH+](CC(=O)N2CCN(S(=O)(=O)c3cccc(F)c3)CC2)CC1. The van der Waals surface area contributed by atoms with Crippen molar-refractivity contribution in [3.8, 4) is 0 Å². The predicted octanol–water partition coefficient (Wildman–Crippen LogP) is -0.0266. The predicted molar refractivity (Wildman–Crippen MR) is 95.7 cm³/mol. The topological polar surface area (TPSA) is 62.1 Å². The van der Waals surface area contributed by atoms with Crippen molar-refractivity contribution >= 4 is 15.9 Å². The molecule has 0 unspecified atom stereocenters. The molecule has 0 radical (unpaired) electrons. The van der Waals surface area contributed by atoms with Gasteiger partial charge in [0.05, 0.1) is 18.0 Å². The number of benzene rings is 1. The maximum absolute atomic E-state index is 13.3. The Balaban J connectivity index is 1.54. The smallest absolute Gasteiger partial charge is 0.277 e. The Morgan fingerprint density at radius 2 is 1.85 bits per heavy atom. The molecule has 0 aromatic heterocycles. The van der Waals surface area contributed by atoms with Crippen molar-refractivity contribution in [2.45, 2.75) is 24.7 Å². The van der Waals surface area contributed by atoms with Gasteiger partial charge in [-0.1, -0.05) is 13.0 Å². The van der Waals surface area contributed by atoms with Crippen LogP contribution in [0.4, 0.5) is 4.39 Å². The second kappa shape index (κ2) is 8.02. The van der Waals surface area contributed by atoms with Crippen LogP contribution in [0.1, 0.15) is 19.8 Å². The number of halogens is 1. The fraction of sp³-hybridized carbons (Fsp3) is 0.611. The van der Waals surface area contributed by atoms with E-state index in [1.54, 1.807) is 4.90 Å². The van der Waals surface area contributed by atoms with Crippen LogP contribution in [0.3, 0.4) is 0 Å². The Kier molecular flexibility index (Phi) is 5.94. The number of rotatable bonds is 4. The number of amides is 1. The lowest BCUT2D eigenvalue weighted by Crippen LogP contribution is -3.14. The second-order valence-corrected chi connectivity index (χ2v) is 9.29. The second-order valence-electron chi connectivity index (χ2n) is 7.35. The van der Waals surface area contributed by atoms with Gasteiger partial charge in [0.2, 0.25) is 10.0 Å². The Labute approximate surface area is 154 Å². The molecule has 0 saturated carbocycles. The van der Waals surface area contributed by atoms with Gasteiger partial charge in [-0.05, 0) is 37.0 Å². The molecule has 2 aliphatic rings. The van der Waals surface area contributed by atoms with E-state index in [0.717, 1.165) is 37.9 Å². The molecule has 6 nitrogen and oxygen atoms in total. The van der Waals surface area contributed by atoms with Crippen LogP contribution < -0.4 is 4.90 Å². The van der Waals surface area contributed by atoms with Crippen molar-refractivity contribution < 1.29 is 22.5 Å². The van der Waals surface area contributed by atoms with Crippen molar-refractivity contribution in [1.29, 1.82) is 0 Å². The summed E-state index contributed by atoms with van der Waals surface area (Å²) in [6.45, 7) is 6.06. The summed E-state index contributed by atoms with van der Waals surface area (Å²) in [6.07, 6.45) is 2.31. The summed E-state index contributed by atoms with van der Waals surface area (Å²) in [5.74, 6) is 0.265. The Morgan fingerprint density at radius 1 is 1.19 bits per heavy atom. The third kappa shape index (κ3) is 4.42. The normalized spacial score (nSPS) is 25.2. The fourth-order valence-corrected chi connectivity index (χ4v) is 5.08. The van der Waals surface area contributed by atoms with Crippen molar-refractivity contribution in [1.82, 2.24) is 9.21 Å². The number of hydrogen-bond acceptors (Lipinski definition) is 3. The third-order valence-corrected chi connectivity index (χ3v) is 7.30. The zero-order valence-electron chi connectivity index (χ0n) is 15.2. The fourth-order valence-electron chi connectivity index (χ4n) is 3.63. The molecule has 2 heterocycles. The van der Waals surface area contributed by atoms with E-state index in [1.165, 1.54) is 27.4 Å². The maximum atomic E-state index is 13.3. The highest BCUT2D eigenvalue weighted by Gasteiger charge is 2.31. The highest BCUT2D eigenvalue weighted by molar-refractivity contribution is 7.89. The summed E-state index contributed by atoms with van der Waals surface area (Å²) in [4.78, 5) is 15.5. The summed E-state index contributed by atoms with van der Waals surface area (Å²) in [5.41, 5.74) is 0.